The first-order valence-electron chi connectivity index (χ1n) is 6.35. The summed E-state index contributed by atoms with van der Waals surface area (Å²) in [5.74, 6) is -1.98. The average Bonchev–Trinajstić information content (AvgIpc) is 2.45. The minimum Gasteiger partial charge on any atom is -0.504 e. The largest absolute Gasteiger partial charge is 0.504 e. The van der Waals surface area contributed by atoms with Crippen molar-refractivity contribution in [3.63, 3.8) is 0 Å². The number of nitrogens with one attached hydrogen (secondary N) is 1. The first-order chi connectivity index (χ1) is 10.3. The summed E-state index contributed by atoms with van der Waals surface area (Å²) in [6.45, 7) is 2.31. The number of carbonyl (C=O) groups is 3. The fourth-order valence-electron chi connectivity index (χ4n) is 1.68. The standard InChI is InChI=1S/C14H17NO7/c1-8(16)15-11(14(19)22-21-9(2)17)6-10-4-5-12(18)13(7-10)20-3/h4-5,7,11,18H,6H2,1-3H3,(H,15,16). The van der Waals surface area contributed by atoms with Gasteiger partial charge in [-0.3, -0.25) is 4.79 Å². The van der Waals surface area contributed by atoms with Gasteiger partial charge in [0.15, 0.2) is 11.5 Å². The summed E-state index contributed by atoms with van der Waals surface area (Å²) in [6.07, 6.45) is 0.0658. The zero-order valence-electron chi connectivity index (χ0n) is 12.4. The molecule has 0 saturated carbocycles. The van der Waals surface area contributed by atoms with Crippen LogP contribution in [0.2, 0.25) is 0 Å². The van der Waals surface area contributed by atoms with Crippen LogP contribution in [-0.4, -0.2) is 36.1 Å². The van der Waals surface area contributed by atoms with E-state index in [9.17, 15) is 19.5 Å². The van der Waals surface area contributed by atoms with E-state index < -0.39 is 23.9 Å². The molecule has 1 atom stereocenters. The number of hydrogen-bond acceptors (Lipinski definition) is 7. The highest BCUT2D eigenvalue weighted by atomic mass is 17.2. The molecule has 1 rings (SSSR count). The summed E-state index contributed by atoms with van der Waals surface area (Å²) >= 11 is 0. The van der Waals surface area contributed by atoms with Gasteiger partial charge in [0, 0.05) is 20.3 Å². The number of benzene rings is 1. The van der Waals surface area contributed by atoms with Gasteiger partial charge in [-0.05, 0) is 17.7 Å². The van der Waals surface area contributed by atoms with Gasteiger partial charge in [-0.15, -0.1) is 0 Å². The number of amides is 1. The lowest BCUT2D eigenvalue weighted by Gasteiger charge is -2.16. The van der Waals surface area contributed by atoms with E-state index in [-0.39, 0.29) is 17.9 Å². The second-order valence-corrected chi connectivity index (χ2v) is 4.44. The van der Waals surface area contributed by atoms with Crippen LogP contribution in [0, 0.1) is 0 Å². The molecule has 1 amide bonds. The molecular formula is C14H17NO7. The molecule has 8 heteroatoms. The maximum absolute atomic E-state index is 11.8. The molecule has 2 N–H and O–H groups in total. The molecule has 1 unspecified atom stereocenters. The van der Waals surface area contributed by atoms with E-state index in [2.05, 4.69) is 15.1 Å². The number of rotatable bonds is 5. The smallest absolute Gasteiger partial charge is 0.377 e. The Morgan fingerprint density at radius 1 is 1.23 bits per heavy atom. The molecule has 0 heterocycles. The fourth-order valence-corrected chi connectivity index (χ4v) is 1.68. The molecule has 22 heavy (non-hydrogen) atoms. The lowest BCUT2D eigenvalue weighted by Crippen LogP contribution is -2.42. The highest BCUT2D eigenvalue weighted by Crippen LogP contribution is 2.26. The van der Waals surface area contributed by atoms with Gasteiger partial charge in [0.05, 0.1) is 7.11 Å². The summed E-state index contributed by atoms with van der Waals surface area (Å²) < 4.78 is 4.96. The molecule has 0 aromatic heterocycles. The van der Waals surface area contributed by atoms with Crippen LogP contribution in [0.4, 0.5) is 0 Å². The summed E-state index contributed by atoms with van der Waals surface area (Å²) in [5, 5.41) is 11.9. The van der Waals surface area contributed by atoms with E-state index in [0.717, 1.165) is 6.92 Å². The Bertz CT molecular complexity index is 570. The van der Waals surface area contributed by atoms with Gasteiger partial charge in [-0.2, -0.15) is 0 Å². The molecule has 8 nitrogen and oxygen atoms in total. The van der Waals surface area contributed by atoms with E-state index in [1.54, 1.807) is 6.07 Å². The van der Waals surface area contributed by atoms with Crippen molar-refractivity contribution in [2.75, 3.05) is 7.11 Å². The Morgan fingerprint density at radius 2 is 1.91 bits per heavy atom. The lowest BCUT2D eigenvalue weighted by atomic mass is 10.1. The van der Waals surface area contributed by atoms with Crippen LogP contribution in [0.25, 0.3) is 0 Å². The van der Waals surface area contributed by atoms with Gasteiger partial charge in [-0.25, -0.2) is 19.4 Å². The third kappa shape index (κ3) is 5.31. The molecule has 1 aromatic carbocycles. The van der Waals surface area contributed by atoms with E-state index in [4.69, 9.17) is 4.74 Å². The van der Waals surface area contributed by atoms with Crippen molar-refractivity contribution in [2.45, 2.75) is 26.3 Å². The summed E-state index contributed by atoms with van der Waals surface area (Å²) in [7, 11) is 1.39. The number of aromatic hydroxyl groups is 1. The Kier molecular flexibility index (Phi) is 6.18. The topological polar surface area (TPSA) is 111 Å². The van der Waals surface area contributed by atoms with Crippen LogP contribution in [0.1, 0.15) is 19.4 Å². The van der Waals surface area contributed by atoms with Crippen LogP contribution in [0.15, 0.2) is 18.2 Å². The van der Waals surface area contributed by atoms with Crippen molar-refractivity contribution >= 4 is 17.8 Å². The highest BCUT2D eigenvalue weighted by Gasteiger charge is 2.24. The monoisotopic (exact) mass is 311 g/mol. The predicted molar refractivity (Wildman–Crippen MR) is 73.8 cm³/mol. The SMILES string of the molecule is COc1cc(CC(NC(C)=O)C(=O)OOC(C)=O)ccc1O. The maximum atomic E-state index is 11.8. The number of ether oxygens (including phenoxy) is 1. The van der Waals surface area contributed by atoms with Crippen molar-refractivity contribution < 1.29 is 34.0 Å². The van der Waals surface area contributed by atoms with Crippen molar-refractivity contribution in [2.24, 2.45) is 0 Å². The minimum absolute atomic E-state index is 0.0511. The summed E-state index contributed by atoms with van der Waals surface area (Å²) in [5.41, 5.74) is 0.605. The lowest BCUT2D eigenvalue weighted by molar-refractivity contribution is -0.258. The molecule has 0 spiro atoms. The van der Waals surface area contributed by atoms with Crippen molar-refractivity contribution in [1.82, 2.24) is 5.32 Å². The molecule has 0 aliphatic rings. The minimum atomic E-state index is -1.05. The molecular weight excluding hydrogens is 294 g/mol. The summed E-state index contributed by atoms with van der Waals surface area (Å²) in [4.78, 5) is 42.1. The Balaban J connectivity index is 2.86. The zero-order valence-corrected chi connectivity index (χ0v) is 12.4. The van der Waals surface area contributed by atoms with Crippen LogP contribution in [0.3, 0.4) is 0 Å². The van der Waals surface area contributed by atoms with E-state index in [1.165, 1.54) is 26.2 Å². The molecule has 0 radical (unpaired) electrons. The van der Waals surface area contributed by atoms with Crippen molar-refractivity contribution in [3.05, 3.63) is 23.8 Å². The van der Waals surface area contributed by atoms with Gasteiger partial charge in [0.1, 0.15) is 6.04 Å². The first kappa shape index (κ1) is 17.3. The molecule has 0 saturated heterocycles. The fraction of sp³-hybridized carbons (Fsp3) is 0.357. The van der Waals surface area contributed by atoms with Gasteiger partial charge in [0.2, 0.25) is 5.91 Å². The van der Waals surface area contributed by atoms with Crippen LogP contribution < -0.4 is 10.1 Å². The zero-order chi connectivity index (χ0) is 16.7. The van der Waals surface area contributed by atoms with E-state index in [1.807, 2.05) is 0 Å². The molecule has 0 aliphatic heterocycles. The third-order valence-corrected chi connectivity index (χ3v) is 2.59. The second-order valence-electron chi connectivity index (χ2n) is 4.44. The van der Waals surface area contributed by atoms with Gasteiger partial charge < -0.3 is 15.2 Å². The van der Waals surface area contributed by atoms with Gasteiger partial charge in [-0.1, -0.05) is 6.07 Å². The Labute approximate surface area is 126 Å². The van der Waals surface area contributed by atoms with Crippen LogP contribution >= 0.6 is 0 Å². The molecule has 120 valence electrons. The van der Waals surface area contributed by atoms with Crippen molar-refractivity contribution in [1.29, 1.82) is 0 Å². The number of methoxy groups -OCH3 is 1. The maximum Gasteiger partial charge on any atom is 0.377 e. The van der Waals surface area contributed by atoms with E-state index in [0.29, 0.717) is 5.56 Å². The summed E-state index contributed by atoms with van der Waals surface area (Å²) in [6, 6.07) is 3.43. The molecule has 0 bridgehead atoms. The predicted octanol–water partition coefficient (Wildman–Crippen LogP) is 0.469. The number of carbonyl (C=O) groups excluding carboxylic acids is 3. The normalized spacial score (nSPS) is 11.2. The third-order valence-electron chi connectivity index (χ3n) is 2.59. The molecule has 1 aromatic rings. The average molecular weight is 311 g/mol. The first-order valence-corrected chi connectivity index (χ1v) is 6.35. The quantitative estimate of drug-likeness (QED) is 0.600. The van der Waals surface area contributed by atoms with Gasteiger partial charge >= 0.3 is 11.9 Å². The highest BCUT2D eigenvalue weighted by molar-refractivity contribution is 5.83. The Morgan fingerprint density at radius 3 is 2.45 bits per heavy atom. The Hall–Kier alpha value is -2.77. The second kappa shape index (κ2) is 7.87. The number of phenolic OH excluding ortho intramolecular Hbond substituents is 1. The van der Waals surface area contributed by atoms with Crippen LogP contribution in [-0.2, 0) is 30.6 Å². The number of phenols is 1. The molecule has 0 aliphatic carbocycles. The van der Waals surface area contributed by atoms with E-state index >= 15 is 0 Å². The van der Waals surface area contributed by atoms with Crippen molar-refractivity contribution in [3.8, 4) is 11.5 Å². The van der Waals surface area contributed by atoms with Crippen LogP contribution in [0.5, 0.6) is 11.5 Å². The number of hydrogen-bond donors (Lipinski definition) is 2. The van der Waals surface area contributed by atoms with Gasteiger partial charge in [0.25, 0.3) is 0 Å². The molecule has 0 fully saturated rings.